The topological polar surface area (TPSA) is 55.8 Å². The van der Waals surface area contributed by atoms with Gasteiger partial charge in [0, 0.05) is 13.0 Å². The van der Waals surface area contributed by atoms with Gasteiger partial charge in [0.1, 0.15) is 6.10 Å². The Balaban J connectivity index is 3.46. The van der Waals surface area contributed by atoms with E-state index in [0.717, 1.165) is 19.3 Å². The zero-order valence-corrected chi connectivity index (χ0v) is 23.6. The second-order valence-corrected chi connectivity index (χ2v) is 10.2. The number of hydrogen-bond donors (Lipinski definition) is 1. The average molecular weight is 497 g/mol. The summed E-state index contributed by atoms with van der Waals surface area (Å²) >= 11 is 0. The smallest absolute Gasteiger partial charge is 0.306 e. The quantitative estimate of drug-likeness (QED) is 0.0666. The number of esters is 1. The molecule has 0 aliphatic heterocycles. The van der Waals surface area contributed by atoms with Crippen LogP contribution < -0.4 is 0 Å². The second kappa shape index (κ2) is 29.4. The number of aliphatic hydroxyl groups is 1. The van der Waals surface area contributed by atoms with Crippen LogP contribution in [-0.4, -0.2) is 37.0 Å². The number of aliphatic hydroxyl groups excluding tert-OH is 1. The number of hydrogen-bond acceptors (Lipinski definition) is 4. The van der Waals surface area contributed by atoms with Gasteiger partial charge in [0.2, 0.25) is 0 Å². The molecule has 0 amide bonds. The lowest BCUT2D eigenvalue weighted by atomic mass is 10.1. The maximum atomic E-state index is 12.0. The molecule has 0 rings (SSSR count). The van der Waals surface area contributed by atoms with Crippen LogP contribution in [0.15, 0.2) is 12.2 Å². The zero-order chi connectivity index (χ0) is 25.7. The van der Waals surface area contributed by atoms with Crippen molar-refractivity contribution in [3.63, 3.8) is 0 Å². The molecule has 0 heterocycles. The first kappa shape index (κ1) is 34.1. The van der Waals surface area contributed by atoms with Gasteiger partial charge in [-0.25, -0.2) is 0 Å². The molecule has 4 heteroatoms. The van der Waals surface area contributed by atoms with Crippen LogP contribution in [0.5, 0.6) is 0 Å². The van der Waals surface area contributed by atoms with Crippen LogP contribution in [0.3, 0.4) is 0 Å². The van der Waals surface area contributed by atoms with E-state index in [1.807, 2.05) is 0 Å². The fraction of sp³-hybridized carbons (Fsp3) is 0.903. The minimum atomic E-state index is -0.528. The van der Waals surface area contributed by atoms with E-state index in [1.165, 1.54) is 116 Å². The Kier molecular flexibility index (Phi) is 28.6. The summed E-state index contributed by atoms with van der Waals surface area (Å²) in [5.74, 6) is -0.211. The molecule has 0 aromatic carbocycles. The fourth-order valence-electron chi connectivity index (χ4n) is 4.26. The molecular formula is C31H60O4. The van der Waals surface area contributed by atoms with Crippen molar-refractivity contribution in [2.24, 2.45) is 0 Å². The standard InChI is InChI=1S/C31H60O4/c1-3-5-7-9-11-13-14-15-16-17-18-19-20-22-24-26-31(33)35-30(28-32)29-34-27-25-23-21-12-10-8-6-4-2/h15-16,30,32H,3-14,17-29H2,1-2H3/b16-15-. The van der Waals surface area contributed by atoms with Gasteiger partial charge in [0.15, 0.2) is 0 Å². The number of unbranched alkanes of at least 4 members (excludes halogenated alkanes) is 18. The lowest BCUT2D eigenvalue weighted by Gasteiger charge is -2.15. The molecule has 4 nitrogen and oxygen atoms in total. The third-order valence-electron chi connectivity index (χ3n) is 6.59. The second-order valence-electron chi connectivity index (χ2n) is 10.2. The summed E-state index contributed by atoms with van der Waals surface area (Å²) in [7, 11) is 0. The highest BCUT2D eigenvalue weighted by molar-refractivity contribution is 5.69. The minimum Gasteiger partial charge on any atom is -0.457 e. The van der Waals surface area contributed by atoms with Crippen LogP contribution >= 0.6 is 0 Å². The molecule has 1 unspecified atom stereocenters. The molecule has 1 atom stereocenters. The normalized spacial score (nSPS) is 12.4. The van der Waals surface area contributed by atoms with Gasteiger partial charge in [-0.15, -0.1) is 0 Å². The summed E-state index contributed by atoms with van der Waals surface area (Å²) in [6.45, 7) is 5.31. The van der Waals surface area contributed by atoms with E-state index in [2.05, 4.69) is 26.0 Å². The summed E-state index contributed by atoms with van der Waals surface area (Å²) in [5.41, 5.74) is 0. The molecule has 0 aliphatic rings. The molecule has 35 heavy (non-hydrogen) atoms. The zero-order valence-electron chi connectivity index (χ0n) is 23.6. The molecule has 0 saturated carbocycles. The lowest BCUT2D eigenvalue weighted by molar-refractivity contribution is -0.154. The number of ether oxygens (including phenoxy) is 2. The van der Waals surface area contributed by atoms with Crippen molar-refractivity contribution in [1.29, 1.82) is 0 Å². The maximum absolute atomic E-state index is 12.0. The van der Waals surface area contributed by atoms with E-state index in [9.17, 15) is 9.90 Å². The summed E-state index contributed by atoms with van der Waals surface area (Å²) in [4.78, 5) is 12.0. The van der Waals surface area contributed by atoms with Crippen LogP contribution in [0, 0.1) is 0 Å². The lowest BCUT2D eigenvalue weighted by Crippen LogP contribution is -2.27. The van der Waals surface area contributed by atoms with Crippen LogP contribution in [0.4, 0.5) is 0 Å². The van der Waals surface area contributed by atoms with Crippen LogP contribution in [0.25, 0.3) is 0 Å². The first-order valence-corrected chi connectivity index (χ1v) is 15.3. The van der Waals surface area contributed by atoms with E-state index in [0.29, 0.717) is 19.6 Å². The monoisotopic (exact) mass is 496 g/mol. The SMILES string of the molecule is CCCCCCCC/C=C\CCCCCCCC(=O)OC(CO)COCCCCCCCCCC. The van der Waals surface area contributed by atoms with E-state index in [4.69, 9.17) is 9.47 Å². The predicted octanol–water partition coefficient (Wildman–Crippen LogP) is 9.09. The number of allylic oxidation sites excluding steroid dienone is 2. The molecule has 0 spiro atoms. The fourth-order valence-corrected chi connectivity index (χ4v) is 4.26. The number of rotatable bonds is 28. The summed E-state index contributed by atoms with van der Waals surface area (Å²) in [5, 5.41) is 9.46. The van der Waals surface area contributed by atoms with Gasteiger partial charge in [-0.05, 0) is 38.5 Å². The van der Waals surface area contributed by atoms with Gasteiger partial charge in [-0.3, -0.25) is 4.79 Å². The number of carbonyl (C=O) groups excluding carboxylic acids is 1. The molecule has 0 aromatic rings. The summed E-state index contributed by atoms with van der Waals surface area (Å²) < 4.78 is 11.0. The van der Waals surface area contributed by atoms with Gasteiger partial charge in [-0.2, -0.15) is 0 Å². The highest BCUT2D eigenvalue weighted by Gasteiger charge is 2.13. The minimum absolute atomic E-state index is 0.171. The van der Waals surface area contributed by atoms with Crippen molar-refractivity contribution in [1.82, 2.24) is 0 Å². The first-order chi connectivity index (χ1) is 17.2. The Hall–Kier alpha value is -0.870. The van der Waals surface area contributed by atoms with Crippen molar-refractivity contribution >= 4 is 5.97 Å². The molecule has 0 radical (unpaired) electrons. The molecule has 1 N–H and O–H groups in total. The Morgan fingerprint density at radius 2 is 1.11 bits per heavy atom. The maximum Gasteiger partial charge on any atom is 0.306 e. The van der Waals surface area contributed by atoms with Gasteiger partial charge >= 0.3 is 5.97 Å². The molecule has 0 aromatic heterocycles. The summed E-state index contributed by atoms with van der Waals surface area (Å²) in [6, 6.07) is 0. The Morgan fingerprint density at radius 1 is 0.657 bits per heavy atom. The van der Waals surface area contributed by atoms with E-state index >= 15 is 0 Å². The van der Waals surface area contributed by atoms with Crippen molar-refractivity contribution in [2.75, 3.05) is 19.8 Å². The summed E-state index contributed by atoms with van der Waals surface area (Å²) in [6.07, 6.45) is 30.9. The van der Waals surface area contributed by atoms with E-state index in [1.54, 1.807) is 0 Å². The molecule has 208 valence electrons. The highest BCUT2D eigenvalue weighted by Crippen LogP contribution is 2.11. The van der Waals surface area contributed by atoms with Crippen molar-refractivity contribution < 1.29 is 19.4 Å². The average Bonchev–Trinajstić information content (AvgIpc) is 2.86. The predicted molar refractivity (Wildman–Crippen MR) is 150 cm³/mol. The van der Waals surface area contributed by atoms with Gasteiger partial charge in [0.05, 0.1) is 13.2 Å². The highest BCUT2D eigenvalue weighted by atomic mass is 16.6. The van der Waals surface area contributed by atoms with Crippen molar-refractivity contribution in [2.45, 2.75) is 161 Å². The molecule has 0 aliphatic carbocycles. The van der Waals surface area contributed by atoms with Gasteiger partial charge < -0.3 is 14.6 Å². The van der Waals surface area contributed by atoms with Crippen LogP contribution in [0.2, 0.25) is 0 Å². The van der Waals surface area contributed by atoms with Crippen LogP contribution in [-0.2, 0) is 14.3 Å². The Labute approximate surface area is 218 Å². The molecule has 0 fully saturated rings. The molecule has 0 saturated heterocycles. The van der Waals surface area contributed by atoms with E-state index in [-0.39, 0.29) is 12.6 Å². The third kappa shape index (κ3) is 27.6. The molecular weight excluding hydrogens is 436 g/mol. The van der Waals surface area contributed by atoms with Crippen molar-refractivity contribution in [3.8, 4) is 0 Å². The molecule has 0 bridgehead atoms. The van der Waals surface area contributed by atoms with Gasteiger partial charge in [-0.1, -0.05) is 122 Å². The Morgan fingerprint density at radius 3 is 1.63 bits per heavy atom. The van der Waals surface area contributed by atoms with Crippen LogP contribution in [0.1, 0.15) is 155 Å². The first-order valence-electron chi connectivity index (χ1n) is 15.3. The largest absolute Gasteiger partial charge is 0.457 e. The number of carbonyl (C=O) groups is 1. The van der Waals surface area contributed by atoms with Crippen molar-refractivity contribution in [3.05, 3.63) is 12.2 Å². The van der Waals surface area contributed by atoms with Gasteiger partial charge in [0.25, 0.3) is 0 Å². The van der Waals surface area contributed by atoms with E-state index < -0.39 is 6.10 Å². The Bertz CT molecular complexity index is 449. The third-order valence-corrected chi connectivity index (χ3v) is 6.59.